The molecule has 0 radical (unpaired) electrons. The highest BCUT2D eigenvalue weighted by molar-refractivity contribution is 7.99. The molecule has 0 saturated carbocycles. The Kier molecular flexibility index (Phi) is 8.18. The number of alkyl halides is 3. The van der Waals surface area contributed by atoms with Gasteiger partial charge in [-0.15, -0.1) is 21.5 Å². The number of aromatic nitrogens is 4. The molecule has 4 aromatic rings. The molecule has 0 aliphatic rings. The number of rotatable bonds is 9. The van der Waals surface area contributed by atoms with Gasteiger partial charge in [0.2, 0.25) is 5.91 Å². The fourth-order valence-corrected chi connectivity index (χ4v) is 4.97. The molecule has 12 heteroatoms. The average Bonchev–Trinajstić information content (AvgIpc) is 3.49. The molecule has 7 nitrogen and oxygen atoms in total. The summed E-state index contributed by atoms with van der Waals surface area (Å²) in [5.74, 6) is 0.377. The minimum atomic E-state index is -4.45. The number of amides is 1. The van der Waals surface area contributed by atoms with E-state index in [0.29, 0.717) is 22.7 Å². The molecule has 2 heterocycles. The highest BCUT2D eigenvalue weighted by Gasteiger charge is 2.30. The van der Waals surface area contributed by atoms with E-state index in [1.165, 1.54) is 46.4 Å². The lowest BCUT2D eigenvalue weighted by molar-refractivity contribution is -0.137. The van der Waals surface area contributed by atoms with Gasteiger partial charge in [-0.3, -0.25) is 4.79 Å². The number of benzene rings is 2. The van der Waals surface area contributed by atoms with Gasteiger partial charge in [0.1, 0.15) is 12.4 Å². The van der Waals surface area contributed by atoms with E-state index in [2.05, 4.69) is 33.5 Å². The van der Waals surface area contributed by atoms with E-state index in [4.69, 9.17) is 4.74 Å². The van der Waals surface area contributed by atoms with Gasteiger partial charge in [-0.1, -0.05) is 30.0 Å². The average molecular weight is 548 g/mol. The minimum absolute atomic E-state index is 0.0602. The van der Waals surface area contributed by atoms with E-state index in [1.54, 1.807) is 4.57 Å². The molecule has 2 aromatic heterocycles. The molecule has 0 aliphatic heterocycles. The Morgan fingerprint density at radius 1 is 1.14 bits per heavy atom. The van der Waals surface area contributed by atoms with Gasteiger partial charge in [0, 0.05) is 17.5 Å². The summed E-state index contributed by atoms with van der Waals surface area (Å²) in [4.78, 5) is 17.0. The van der Waals surface area contributed by atoms with Crippen molar-refractivity contribution in [3.63, 3.8) is 0 Å². The van der Waals surface area contributed by atoms with Crippen LogP contribution in [0.4, 0.5) is 18.3 Å². The van der Waals surface area contributed by atoms with Crippen molar-refractivity contribution in [2.24, 2.45) is 0 Å². The third-order valence-corrected chi connectivity index (χ3v) is 7.25. The van der Waals surface area contributed by atoms with Crippen LogP contribution in [0.15, 0.2) is 53.0 Å². The van der Waals surface area contributed by atoms with Crippen LogP contribution in [0.25, 0.3) is 11.3 Å². The maximum absolute atomic E-state index is 12.9. The van der Waals surface area contributed by atoms with Crippen molar-refractivity contribution in [2.45, 2.75) is 45.3 Å². The Labute approximate surface area is 220 Å². The Hall–Kier alpha value is -3.38. The van der Waals surface area contributed by atoms with Crippen LogP contribution in [0.1, 0.15) is 29.4 Å². The number of halogens is 3. The highest BCUT2D eigenvalue weighted by atomic mass is 32.2. The molecular formula is C25H24F3N5O2S2. The lowest BCUT2D eigenvalue weighted by Crippen LogP contribution is -2.14. The zero-order valence-corrected chi connectivity index (χ0v) is 21.9. The van der Waals surface area contributed by atoms with Gasteiger partial charge in [-0.2, -0.15) is 13.2 Å². The molecule has 4 rings (SSSR count). The van der Waals surface area contributed by atoms with Crippen LogP contribution in [0.5, 0.6) is 5.75 Å². The molecule has 37 heavy (non-hydrogen) atoms. The Morgan fingerprint density at radius 3 is 2.68 bits per heavy atom. The number of carbonyl (C=O) groups excluding carboxylic acids is 1. The number of aryl methyl sites for hydroxylation is 2. The normalized spacial score (nSPS) is 11.5. The second-order valence-corrected chi connectivity index (χ2v) is 9.93. The molecule has 0 bridgehead atoms. The van der Waals surface area contributed by atoms with E-state index < -0.39 is 11.7 Å². The van der Waals surface area contributed by atoms with E-state index in [-0.39, 0.29) is 24.0 Å². The molecule has 0 spiro atoms. The van der Waals surface area contributed by atoms with E-state index in [9.17, 15) is 18.0 Å². The smallest absolute Gasteiger partial charge is 0.416 e. The maximum atomic E-state index is 12.9. The Bertz CT molecular complexity index is 1400. The predicted molar refractivity (Wildman–Crippen MR) is 138 cm³/mol. The SMILES string of the molecule is CCn1c(COc2cccc(C(F)(F)F)c2)nnc1SCC(=O)Nc1nc(-c2ccc(C)c(C)c2)cs1. The van der Waals surface area contributed by atoms with Crippen molar-refractivity contribution in [3.05, 3.63) is 70.4 Å². The number of thioether (sulfide) groups is 1. The van der Waals surface area contributed by atoms with Crippen LogP contribution >= 0.6 is 23.1 Å². The second kappa shape index (κ2) is 11.3. The molecule has 0 fully saturated rings. The first kappa shape index (κ1) is 26.7. The van der Waals surface area contributed by atoms with Gasteiger partial charge in [-0.25, -0.2) is 4.98 Å². The lowest BCUT2D eigenvalue weighted by Gasteiger charge is -2.11. The Morgan fingerprint density at radius 2 is 1.95 bits per heavy atom. The number of nitrogens with zero attached hydrogens (tertiary/aromatic N) is 4. The zero-order valence-electron chi connectivity index (χ0n) is 20.3. The van der Waals surface area contributed by atoms with Crippen molar-refractivity contribution in [2.75, 3.05) is 11.1 Å². The molecule has 0 unspecified atom stereocenters. The third-order valence-electron chi connectivity index (χ3n) is 5.52. The minimum Gasteiger partial charge on any atom is -0.486 e. The standard InChI is InChI=1S/C25H24F3N5O2S2/c1-4-33-21(12-35-19-7-5-6-18(11-19)25(26,27)28)31-32-24(33)37-14-22(34)30-23-29-20(13-36-23)17-9-8-15(2)16(3)10-17/h5-11,13H,4,12,14H2,1-3H3,(H,29,30,34). The van der Waals surface area contributed by atoms with Crippen LogP contribution in [0.3, 0.4) is 0 Å². The fraction of sp³-hybridized carbons (Fsp3) is 0.280. The molecule has 1 N–H and O–H groups in total. The van der Waals surface area contributed by atoms with Crippen molar-refractivity contribution in [1.29, 1.82) is 0 Å². The number of hydrogen-bond acceptors (Lipinski definition) is 7. The van der Waals surface area contributed by atoms with Crippen molar-refractivity contribution >= 4 is 34.1 Å². The number of ether oxygens (including phenoxy) is 1. The summed E-state index contributed by atoms with van der Waals surface area (Å²) in [5, 5.41) is 13.9. The van der Waals surface area contributed by atoms with Crippen molar-refractivity contribution < 1.29 is 22.7 Å². The highest BCUT2D eigenvalue weighted by Crippen LogP contribution is 2.31. The first-order valence-electron chi connectivity index (χ1n) is 11.3. The van der Waals surface area contributed by atoms with E-state index in [1.807, 2.05) is 31.4 Å². The summed E-state index contributed by atoms with van der Waals surface area (Å²) in [7, 11) is 0. The number of anilines is 1. The lowest BCUT2D eigenvalue weighted by atomic mass is 10.1. The Balaban J connectivity index is 1.33. The van der Waals surface area contributed by atoms with Crippen LogP contribution in [-0.4, -0.2) is 31.4 Å². The van der Waals surface area contributed by atoms with Crippen LogP contribution in [0.2, 0.25) is 0 Å². The van der Waals surface area contributed by atoms with Gasteiger partial charge in [-0.05, 0) is 56.2 Å². The quantitative estimate of drug-likeness (QED) is 0.245. The molecular weight excluding hydrogens is 523 g/mol. The summed E-state index contributed by atoms with van der Waals surface area (Å²) < 4.78 is 46.1. The monoisotopic (exact) mass is 547 g/mol. The van der Waals surface area contributed by atoms with Crippen LogP contribution in [-0.2, 0) is 24.1 Å². The van der Waals surface area contributed by atoms with Crippen LogP contribution in [0, 0.1) is 13.8 Å². The summed E-state index contributed by atoms with van der Waals surface area (Å²) >= 11 is 2.55. The second-order valence-electron chi connectivity index (χ2n) is 8.13. The summed E-state index contributed by atoms with van der Waals surface area (Å²) in [6.45, 7) is 6.42. The number of nitrogens with one attached hydrogen (secondary N) is 1. The van der Waals surface area contributed by atoms with Crippen molar-refractivity contribution in [1.82, 2.24) is 19.7 Å². The van der Waals surface area contributed by atoms with Crippen molar-refractivity contribution in [3.8, 4) is 17.0 Å². The molecule has 0 saturated heterocycles. The van der Waals surface area contributed by atoms with E-state index >= 15 is 0 Å². The number of hydrogen-bond donors (Lipinski definition) is 1. The first-order valence-corrected chi connectivity index (χ1v) is 13.2. The topological polar surface area (TPSA) is 81.9 Å². The number of carbonyl (C=O) groups is 1. The van der Waals surface area contributed by atoms with Gasteiger partial charge < -0.3 is 14.6 Å². The molecule has 1 amide bonds. The molecule has 2 aromatic carbocycles. The van der Waals surface area contributed by atoms with E-state index in [0.717, 1.165) is 23.4 Å². The van der Waals surface area contributed by atoms with Gasteiger partial charge >= 0.3 is 6.18 Å². The molecule has 194 valence electrons. The molecule has 0 atom stereocenters. The predicted octanol–water partition coefficient (Wildman–Crippen LogP) is 6.37. The van der Waals surface area contributed by atoms with Gasteiger partial charge in [0.25, 0.3) is 0 Å². The fourth-order valence-electron chi connectivity index (χ4n) is 3.41. The largest absolute Gasteiger partial charge is 0.486 e. The first-order chi connectivity index (χ1) is 17.6. The van der Waals surface area contributed by atoms with Gasteiger partial charge in [0.15, 0.2) is 16.1 Å². The third kappa shape index (κ3) is 6.69. The zero-order chi connectivity index (χ0) is 26.6. The summed E-state index contributed by atoms with van der Waals surface area (Å²) in [6, 6.07) is 10.8. The number of thiazole rings is 1. The molecule has 0 aliphatic carbocycles. The summed E-state index contributed by atoms with van der Waals surface area (Å²) in [5.41, 5.74) is 3.38. The summed E-state index contributed by atoms with van der Waals surface area (Å²) in [6.07, 6.45) is -4.45. The van der Waals surface area contributed by atoms with Crippen LogP contribution < -0.4 is 10.1 Å². The van der Waals surface area contributed by atoms with Gasteiger partial charge in [0.05, 0.1) is 17.0 Å². The maximum Gasteiger partial charge on any atom is 0.416 e.